The summed E-state index contributed by atoms with van der Waals surface area (Å²) in [5, 5.41) is 21.1. The van der Waals surface area contributed by atoms with Crippen molar-refractivity contribution in [2.24, 2.45) is 0 Å². The zero-order valence-corrected chi connectivity index (χ0v) is 18.4. The fourth-order valence-corrected chi connectivity index (χ4v) is 3.44. The molecule has 0 aliphatic heterocycles. The van der Waals surface area contributed by atoms with Crippen molar-refractivity contribution in [3.8, 4) is 11.8 Å². The molecule has 0 saturated heterocycles. The number of halogens is 7. The highest BCUT2D eigenvalue weighted by Crippen LogP contribution is 2.46. The Labute approximate surface area is 204 Å². The van der Waals surface area contributed by atoms with E-state index in [4.69, 9.17) is 0 Å². The Bertz CT molecular complexity index is 1470. The average Bonchev–Trinajstić information content (AvgIpc) is 3.36. The molecule has 0 radical (unpaired) electrons. The quantitative estimate of drug-likeness (QED) is 0.299. The van der Waals surface area contributed by atoms with E-state index in [9.17, 15) is 27.1 Å². The monoisotopic (exact) mass is 521 g/mol. The highest BCUT2D eigenvalue weighted by Gasteiger charge is 2.57. The van der Waals surface area contributed by atoms with Gasteiger partial charge in [-0.3, -0.25) is 4.98 Å². The van der Waals surface area contributed by atoms with Gasteiger partial charge in [0.15, 0.2) is 5.60 Å². The lowest BCUT2D eigenvalue weighted by molar-refractivity contribution is -0.207. The van der Waals surface area contributed by atoms with Crippen LogP contribution >= 0.6 is 0 Å². The van der Waals surface area contributed by atoms with Crippen molar-refractivity contribution in [2.75, 3.05) is 0 Å². The van der Waals surface area contributed by atoms with Crippen molar-refractivity contribution < 1.29 is 35.8 Å². The molecule has 13 heteroatoms. The molecule has 6 nitrogen and oxygen atoms in total. The van der Waals surface area contributed by atoms with Crippen LogP contribution in [-0.4, -0.2) is 30.3 Å². The highest BCUT2D eigenvalue weighted by molar-refractivity contribution is 5.44. The number of tetrazole rings is 1. The third-order valence-electron chi connectivity index (χ3n) is 5.35. The molecule has 4 aromatic rings. The summed E-state index contributed by atoms with van der Waals surface area (Å²) in [5.41, 5.74) is -5.92. The van der Waals surface area contributed by atoms with E-state index in [-0.39, 0.29) is 11.1 Å². The number of hydrogen-bond acceptors (Lipinski definition) is 5. The van der Waals surface area contributed by atoms with E-state index in [1.807, 2.05) is 0 Å². The first kappa shape index (κ1) is 25.8. The van der Waals surface area contributed by atoms with Crippen LogP contribution in [0.5, 0.6) is 0 Å². The Kier molecular flexibility index (Phi) is 6.95. The van der Waals surface area contributed by atoms with Crippen molar-refractivity contribution in [3.05, 3.63) is 106 Å². The zero-order chi connectivity index (χ0) is 26.8. The molecule has 1 N–H and O–H groups in total. The summed E-state index contributed by atoms with van der Waals surface area (Å²) >= 11 is 0. The molecule has 4 rings (SSSR count). The minimum absolute atomic E-state index is 0.0499. The van der Waals surface area contributed by atoms with Gasteiger partial charge in [-0.25, -0.2) is 26.6 Å². The molecule has 0 saturated carbocycles. The van der Waals surface area contributed by atoms with Gasteiger partial charge in [0.1, 0.15) is 29.5 Å². The number of nitrogens with zero attached hydrogens (tertiary/aromatic N) is 5. The first-order chi connectivity index (χ1) is 17.5. The van der Waals surface area contributed by atoms with E-state index in [1.54, 1.807) is 0 Å². The molecule has 2 aromatic heterocycles. The summed E-state index contributed by atoms with van der Waals surface area (Å²) in [6.07, 6.45) is -1.04. The number of benzene rings is 2. The van der Waals surface area contributed by atoms with Crippen LogP contribution < -0.4 is 0 Å². The molecular weight excluding hydrogens is 507 g/mol. The smallest absolute Gasteiger partial charge is 0.323 e. The van der Waals surface area contributed by atoms with Crippen LogP contribution in [0, 0.1) is 29.3 Å². The van der Waals surface area contributed by atoms with Crippen LogP contribution in [0.3, 0.4) is 0 Å². The van der Waals surface area contributed by atoms with Crippen molar-refractivity contribution in [3.63, 3.8) is 0 Å². The van der Waals surface area contributed by atoms with Crippen LogP contribution in [0.1, 0.15) is 34.4 Å². The molecule has 0 aliphatic carbocycles. The van der Waals surface area contributed by atoms with Gasteiger partial charge in [0, 0.05) is 29.0 Å². The van der Waals surface area contributed by atoms with Gasteiger partial charge >= 0.3 is 5.92 Å². The Morgan fingerprint density at radius 2 is 1.73 bits per heavy atom. The Balaban J connectivity index is 1.68. The normalized spacial score (nSPS) is 13.2. The number of rotatable bonds is 6. The maximum absolute atomic E-state index is 15.7. The van der Waals surface area contributed by atoms with E-state index in [2.05, 4.69) is 32.4 Å². The van der Waals surface area contributed by atoms with Crippen LogP contribution in [0.15, 0.2) is 61.1 Å². The van der Waals surface area contributed by atoms with Gasteiger partial charge in [-0.05, 0) is 46.8 Å². The predicted molar refractivity (Wildman–Crippen MR) is 114 cm³/mol. The molecule has 1 unspecified atom stereocenters. The van der Waals surface area contributed by atoms with Gasteiger partial charge in [0.25, 0.3) is 6.43 Å². The van der Waals surface area contributed by atoms with E-state index in [0.717, 1.165) is 41.5 Å². The van der Waals surface area contributed by atoms with E-state index >= 15 is 8.78 Å². The molecule has 2 aromatic carbocycles. The molecule has 190 valence electrons. The average molecular weight is 521 g/mol. The van der Waals surface area contributed by atoms with Crippen LogP contribution in [-0.2, 0) is 18.1 Å². The summed E-state index contributed by atoms with van der Waals surface area (Å²) in [5.74, 6) is -2.87. The van der Waals surface area contributed by atoms with Crippen molar-refractivity contribution in [2.45, 2.75) is 24.5 Å². The molecular formula is C24H14F7N5O. The summed E-state index contributed by atoms with van der Waals surface area (Å²) in [6.45, 7) is -1.02. The summed E-state index contributed by atoms with van der Waals surface area (Å²) in [4.78, 5) is 3.63. The predicted octanol–water partition coefficient (Wildman–Crippen LogP) is 4.50. The second-order valence-corrected chi connectivity index (χ2v) is 7.79. The molecule has 0 fully saturated rings. The Hall–Kier alpha value is -4.31. The number of alkyl halides is 4. The molecule has 0 amide bonds. The van der Waals surface area contributed by atoms with Gasteiger partial charge in [0.05, 0.1) is 12.1 Å². The third-order valence-corrected chi connectivity index (χ3v) is 5.35. The van der Waals surface area contributed by atoms with E-state index < -0.39 is 58.8 Å². The molecule has 1 atom stereocenters. The molecule has 2 heterocycles. The Morgan fingerprint density at radius 3 is 2.32 bits per heavy atom. The second-order valence-electron chi connectivity index (χ2n) is 7.79. The maximum Gasteiger partial charge on any atom is 0.323 e. The Morgan fingerprint density at radius 1 is 0.946 bits per heavy atom. The molecule has 37 heavy (non-hydrogen) atoms. The van der Waals surface area contributed by atoms with Gasteiger partial charge in [-0.2, -0.15) is 8.78 Å². The minimum Gasteiger partial charge on any atom is -0.377 e. The SMILES string of the molecule is OC(Cn1cnnn1)(c1ccc(F)cc1F)C(F)(F)c1ccc(C#Cc2ccc(C(F)F)cc2F)cn1. The third kappa shape index (κ3) is 5.14. The van der Waals surface area contributed by atoms with Crippen molar-refractivity contribution >= 4 is 0 Å². The lowest BCUT2D eigenvalue weighted by atomic mass is 9.84. The molecule has 0 bridgehead atoms. The number of hydrogen-bond donors (Lipinski definition) is 1. The van der Waals surface area contributed by atoms with E-state index in [1.165, 1.54) is 0 Å². The van der Waals surface area contributed by atoms with Gasteiger partial charge in [-0.1, -0.05) is 17.9 Å². The van der Waals surface area contributed by atoms with E-state index in [0.29, 0.717) is 24.3 Å². The number of aliphatic hydroxyl groups is 1. The topological polar surface area (TPSA) is 76.7 Å². The number of aromatic nitrogens is 5. The molecule has 0 spiro atoms. The van der Waals surface area contributed by atoms with Crippen molar-refractivity contribution in [1.82, 2.24) is 25.2 Å². The van der Waals surface area contributed by atoms with Crippen LogP contribution in [0.4, 0.5) is 30.7 Å². The fraction of sp³-hybridized carbons (Fsp3) is 0.167. The van der Waals surface area contributed by atoms with Gasteiger partial charge in [-0.15, -0.1) is 5.10 Å². The summed E-state index contributed by atoms with van der Waals surface area (Å²) in [6, 6.07) is 6.32. The van der Waals surface area contributed by atoms with Crippen LogP contribution in [0.2, 0.25) is 0 Å². The zero-order valence-electron chi connectivity index (χ0n) is 18.4. The summed E-state index contributed by atoms with van der Waals surface area (Å²) < 4.78 is 99.4. The van der Waals surface area contributed by atoms with Gasteiger partial charge in [0.2, 0.25) is 0 Å². The first-order valence-corrected chi connectivity index (χ1v) is 10.3. The van der Waals surface area contributed by atoms with Crippen molar-refractivity contribution in [1.29, 1.82) is 0 Å². The largest absolute Gasteiger partial charge is 0.377 e. The standard InChI is InChI=1S/C24H14F7N5O/c25-17-6-7-18(20(27)10-17)23(37,12-36-13-33-34-35-36)24(30,31)21-8-2-14(11-32-21)1-3-15-4-5-16(22(28)29)9-19(15)26/h2,4-11,13,22,37H,12H2. The second kappa shape index (κ2) is 9.98. The van der Waals surface area contributed by atoms with Crippen LogP contribution in [0.25, 0.3) is 0 Å². The summed E-state index contributed by atoms with van der Waals surface area (Å²) in [7, 11) is 0. The molecule has 0 aliphatic rings. The fourth-order valence-electron chi connectivity index (χ4n) is 3.44. The lowest BCUT2D eigenvalue weighted by Gasteiger charge is -2.35. The first-order valence-electron chi connectivity index (χ1n) is 10.3. The lowest BCUT2D eigenvalue weighted by Crippen LogP contribution is -2.48. The minimum atomic E-state index is -4.26. The maximum atomic E-state index is 15.7. The van der Waals surface area contributed by atoms with Gasteiger partial charge < -0.3 is 5.11 Å². The highest BCUT2D eigenvalue weighted by atomic mass is 19.3. The number of pyridine rings is 1.